The number of aryl methyl sites for hydroxylation is 1. The van der Waals surface area contributed by atoms with Crippen LogP contribution in [-0.4, -0.2) is 10.2 Å². The van der Waals surface area contributed by atoms with Crippen molar-refractivity contribution in [3.05, 3.63) is 41.7 Å². The molecule has 82 valence electrons. The monoisotopic (exact) mass is 219 g/mol. The fraction of sp³-hybridized carbons (Fsp3) is 0.0909. The lowest BCUT2D eigenvalue weighted by Crippen LogP contribution is -1.96. The lowest BCUT2D eigenvalue weighted by molar-refractivity contribution is 0.448. The summed E-state index contributed by atoms with van der Waals surface area (Å²) in [6.07, 6.45) is 0. The first-order valence-corrected chi connectivity index (χ1v) is 4.68. The van der Waals surface area contributed by atoms with E-state index in [0.717, 1.165) is 5.56 Å². The zero-order valence-corrected chi connectivity index (χ0v) is 8.64. The molecule has 0 atom stereocenters. The van der Waals surface area contributed by atoms with Gasteiger partial charge in [0, 0.05) is 12.1 Å². The number of hydrogen-bond donors (Lipinski definition) is 1. The molecule has 0 bridgehead atoms. The molecule has 0 radical (unpaired) electrons. The number of hydrogen-bond acceptors (Lipinski definition) is 4. The number of anilines is 1. The molecule has 0 spiro atoms. The molecule has 0 aliphatic heterocycles. The maximum atomic E-state index is 13.0. The van der Waals surface area contributed by atoms with Crippen LogP contribution >= 0.6 is 0 Å². The SMILES string of the molecule is Cc1ccc(F)cc1Oc1ccc(N)nn1. The largest absolute Gasteiger partial charge is 0.437 e. The number of halogens is 1. The zero-order chi connectivity index (χ0) is 11.5. The summed E-state index contributed by atoms with van der Waals surface area (Å²) in [7, 11) is 0. The molecule has 0 saturated carbocycles. The second-order valence-electron chi connectivity index (χ2n) is 3.31. The third kappa shape index (κ3) is 2.25. The average molecular weight is 219 g/mol. The molecule has 0 aliphatic carbocycles. The number of nitrogen functional groups attached to an aromatic ring is 1. The van der Waals surface area contributed by atoms with Gasteiger partial charge in [0.25, 0.3) is 0 Å². The van der Waals surface area contributed by atoms with Crippen LogP contribution in [0.25, 0.3) is 0 Å². The molecule has 1 aromatic carbocycles. The van der Waals surface area contributed by atoms with Gasteiger partial charge < -0.3 is 10.5 Å². The average Bonchev–Trinajstić information content (AvgIpc) is 2.27. The quantitative estimate of drug-likeness (QED) is 0.841. The number of nitrogens with two attached hydrogens (primary N) is 1. The number of aromatic nitrogens is 2. The summed E-state index contributed by atoms with van der Waals surface area (Å²) in [4.78, 5) is 0. The standard InChI is InChI=1S/C11H10FN3O/c1-7-2-3-8(12)6-9(7)16-11-5-4-10(13)14-15-11/h2-6H,1H3,(H2,13,14). The molecule has 0 unspecified atom stereocenters. The van der Waals surface area contributed by atoms with Crippen LogP contribution in [0.3, 0.4) is 0 Å². The molecule has 2 aromatic rings. The molecule has 5 heteroatoms. The summed E-state index contributed by atoms with van der Waals surface area (Å²) >= 11 is 0. The summed E-state index contributed by atoms with van der Waals surface area (Å²) in [6, 6.07) is 7.45. The minimum atomic E-state index is -0.357. The van der Waals surface area contributed by atoms with Crippen molar-refractivity contribution in [3.63, 3.8) is 0 Å². The predicted molar refractivity (Wildman–Crippen MR) is 57.7 cm³/mol. The van der Waals surface area contributed by atoms with E-state index < -0.39 is 0 Å². The van der Waals surface area contributed by atoms with E-state index in [-0.39, 0.29) is 11.7 Å². The van der Waals surface area contributed by atoms with Crippen molar-refractivity contribution in [2.45, 2.75) is 6.92 Å². The molecular weight excluding hydrogens is 209 g/mol. The first-order chi connectivity index (χ1) is 7.65. The van der Waals surface area contributed by atoms with Crippen molar-refractivity contribution in [2.75, 3.05) is 5.73 Å². The third-order valence-electron chi connectivity index (χ3n) is 2.03. The van der Waals surface area contributed by atoms with Gasteiger partial charge in [0.2, 0.25) is 5.88 Å². The molecule has 0 saturated heterocycles. The van der Waals surface area contributed by atoms with Gasteiger partial charge in [-0.25, -0.2) is 4.39 Å². The van der Waals surface area contributed by atoms with Crippen LogP contribution in [-0.2, 0) is 0 Å². The summed E-state index contributed by atoms with van der Waals surface area (Å²) in [5.74, 6) is 0.647. The van der Waals surface area contributed by atoms with Crippen LogP contribution in [0.2, 0.25) is 0 Å². The molecular formula is C11H10FN3O. The highest BCUT2D eigenvalue weighted by atomic mass is 19.1. The van der Waals surface area contributed by atoms with E-state index in [1.807, 2.05) is 6.92 Å². The van der Waals surface area contributed by atoms with E-state index in [4.69, 9.17) is 10.5 Å². The molecule has 0 fully saturated rings. The van der Waals surface area contributed by atoms with Crippen LogP contribution in [0.5, 0.6) is 11.6 Å². The van der Waals surface area contributed by atoms with Gasteiger partial charge in [-0.15, -0.1) is 10.2 Å². The fourth-order valence-electron chi connectivity index (χ4n) is 1.18. The summed E-state index contributed by atoms with van der Waals surface area (Å²) in [5.41, 5.74) is 6.20. The van der Waals surface area contributed by atoms with Crippen molar-refractivity contribution < 1.29 is 9.13 Å². The fourth-order valence-corrected chi connectivity index (χ4v) is 1.18. The molecule has 1 aromatic heterocycles. The summed E-state index contributed by atoms with van der Waals surface area (Å²) in [6.45, 7) is 1.82. The molecule has 4 nitrogen and oxygen atoms in total. The number of nitrogens with zero attached hydrogens (tertiary/aromatic N) is 2. The molecule has 16 heavy (non-hydrogen) atoms. The Kier molecular flexibility index (Phi) is 2.68. The van der Waals surface area contributed by atoms with Crippen LogP contribution in [0.4, 0.5) is 10.2 Å². The predicted octanol–water partition coefficient (Wildman–Crippen LogP) is 2.30. The highest BCUT2D eigenvalue weighted by molar-refractivity contribution is 5.36. The van der Waals surface area contributed by atoms with Gasteiger partial charge in [-0.05, 0) is 24.6 Å². The molecule has 1 heterocycles. The van der Waals surface area contributed by atoms with Crippen molar-refractivity contribution in [2.24, 2.45) is 0 Å². The maximum Gasteiger partial charge on any atom is 0.239 e. The van der Waals surface area contributed by atoms with Gasteiger partial charge in [0.05, 0.1) is 0 Å². The topological polar surface area (TPSA) is 61.0 Å². The van der Waals surface area contributed by atoms with Crippen LogP contribution < -0.4 is 10.5 Å². The minimum Gasteiger partial charge on any atom is -0.437 e. The lowest BCUT2D eigenvalue weighted by atomic mass is 10.2. The minimum absolute atomic E-state index is 0.280. The van der Waals surface area contributed by atoms with E-state index in [2.05, 4.69) is 10.2 Å². The molecule has 0 aliphatic rings. The third-order valence-corrected chi connectivity index (χ3v) is 2.03. The van der Waals surface area contributed by atoms with Crippen LogP contribution in [0.15, 0.2) is 30.3 Å². The van der Waals surface area contributed by atoms with E-state index in [0.29, 0.717) is 11.6 Å². The van der Waals surface area contributed by atoms with E-state index in [1.54, 1.807) is 18.2 Å². The normalized spacial score (nSPS) is 10.1. The Morgan fingerprint density at radius 2 is 2.00 bits per heavy atom. The van der Waals surface area contributed by atoms with E-state index >= 15 is 0 Å². The second-order valence-corrected chi connectivity index (χ2v) is 3.31. The van der Waals surface area contributed by atoms with Gasteiger partial charge in [-0.2, -0.15) is 0 Å². The Bertz CT molecular complexity index is 499. The van der Waals surface area contributed by atoms with Crippen molar-refractivity contribution in [3.8, 4) is 11.6 Å². The van der Waals surface area contributed by atoms with Gasteiger partial charge >= 0.3 is 0 Å². The number of rotatable bonds is 2. The van der Waals surface area contributed by atoms with Gasteiger partial charge in [0.15, 0.2) is 0 Å². The van der Waals surface area contributed by atoms with Crippen LogP contribution in [0, 0.1) is 12.7 Å². The van der Waals surface area contributed by atoms with Gasteiger partial charge in [-0.3, -0.25) is 0 Å². The first kappa shape index (κ1) is 10.4. The van der Waals surface area contributed by atoms with Gasteiger partial charge in [-0.1, -0.05) is 6.07 Å². The van der Waals surface area contributed by atoms with Crippen molar-refractivity contribution in [1.82, 2.24) is 10.2 Å². The Morgan fingerprint density at radius 3 is 2.69 bits per heavy atom. The van der Waals surface area contributed by atoms with Crippen LogP contribution in [0.1, 0.15) is 5.56 Å². The smallest absolute Gasteiger partial charge is 0.239 e. The maximum absolute atomic E-state index is 13.0. The van der Waals surface area contributed by atoms with Gasteiger partial charge in [0.1, 0.15) is 17.4 Å². The Balaban J connectivity index is 2.26. The Hall–Kier alpha value is -2.17. The highest BCUT2D eigenvalue weighted by Gasteiger charge is 2.04. The Morgan fingerprint density at radius 1 is 1.19 bits per heavy atom. The highest BCUT2D eigenvalue weighted by Crippen LogP contribution is 2.23. The molecule has 0 amide bonds. The molecule has 2 N–H and O–H groups in total. The van der Waals surface area contributed by atoms with E-state index in [1.165, 1.54) is 12.1 Å². The first-order valence-electron chi connectivity index (χ1n) is 4.68. The molecule has 2 rings (SSSR count). The Labute approximate surface area is 91.9 Å². The van der Waals surface area contributed by atoms with Crippen molar-refractivity contribution in [1.29, 1.82) is 0 Å². The van der Waals surface area contributed by atoms with Crippen molar-refractivity contribution >= 4 is 5.82 Å². The lowest BCUT2D eigenvalue weighted by Gasteiger charge is -2.06. The summed E-state index contributed by atoms with van der Waals surface area (Å²) in [5, 5.41) is 7.36. The number of ether oxygens (including phenoxy) is 1. The summed E-state index contributed by atoms with van der Waals surface area (Å²) < 4.78 is 18.4. The zero-order valence-electron chi connectivity index (χ0n) is 8.64. The second kappa shape index (κ2) is 4.14. The van der Waals surface area contributed by atoms with E-state index in [9.17, 15) is 4.39 Å². The number of benzene rings is 1.